The van der Waals surface area contributed by atoms with Gasteiger partial charge in [0.05, 0.1) is 4.83 Å². The highest BCUT2D eigenvalue weighted by molar-refractivity contribution is 9.10. The molecule has 0 aliphatic carbocycles. The van der Waals surface area contributed by atoms with Gasteiger partial charge < -0.3 is 0 Å². The fraction of sp³-hybridized carbons (Fsp3) is 0.200. The highest BCUT2D eigenvalue weighted by Gasteiger charge is 2.12. The molecule has 0 saturated carbocycles. The zero-order valence-corrected chi connectivity index (χ0v) is 13.0. The van der Waals surface area contributed by atoms with Crippen LogP contribution < -0.4 is 0 Å². The average Bonchev–Trinajstić information content (AvgIpc) is 2.32. The molecule has 0 spiro atoms. The van der Waals surface area contributed by atoms with Gasteiger partial charge in [0.2, 0.25) is 0 Å². The Morgan fingerprint density at radius 3 is 2.24 bits per heavy atom. The van der Waals surface area contributed by atoms with Crippen molar-refractivity contribution >= 4 is 31.9 Å². The molecule has 0 aromatic heterocycles. The lowest BCUT2D eigenvalue weighted by molar-refractivity contribution is 1.14. The molecule has 1 unspecified atom stereocenters. The zero-order valence-electron chi connectivity index (χ0n) is 9.87. The quantitative estimate of drug-likeness (QED) is 0.621. The highest BCUT2D eigenvalue weighted by Crippen LogP contribution is 2.34. The van der Waals surface area contributed by atoms with E-state index in [0.717, 1.165) is 4.47 Å². The molecule has 0 nitrogen and oxygen atoms in total. The van der Waals surface area contributed by atoms with E-state index in [2.05, 4.69) is 88.2 Å². The molecule has 0 heterocycles. The third-order valence-corrected chi connectivity index (χ3v) is 4.40. The second-order valence-electron chi connectivity index (χ2n) is 4.27. The van der Waals surface area contributed by atoms with Gasteiger partial charge in [0.1, 0.15) is 0 Å². The van der Waals surface area contributed by atoms with Gasteiger partial charge >= 0.3 is 0 Å². The molecule has 0 saturated heterocycles. The summed E-state index contributed by atoms with van der Waals surface area (Å²) in [6.45, 7) is 4.25. The van der Waals surface area contributed by atoms with Gasteiger partial charge in [-0.1, -0.05) is 67.8 Å². The summed E-state index contributed by atoms with van der Waals surface area (Å²) in [6.07, 6.45) is 0. The predicted molar refractivity (Wildman–Crippen MR) is 80.8 cm³/mol. The van der Waals surface area contributed by atoms with Crippen molar-refractivity contribution in [2.75, 3.05) is 0 Å². The lowest BCUT2D eigenvalue weighted by atomic mass is 10.00. The second-order valence-corrected chi connectivity index (χ2v) is 6.11. The van der Waals surface area contributed by atoms with E-state index < -0.39 is 0 Å². The van der Waals surface area contributed by atoms with Crippen LogP contribution in [0.3, 0.4) is 0 Å². The van der Waals surface area contributed by atoms with Crippen LogP contribution in [0.2, 0.25) is 0 Å². The summed E-state index contributed by atoms with van der Waals surface area (Å²) in [5.74, 6) is 0. The number of rotatable bonds is 2. The smallest absolute Gasteiger partial charge is 0.0647 e. The molecule has 2 rings (SSSR count). The first-order valence-corrected chi connectivity index (χ1v) is 7.25. The van der Waals surface area contributed by atoms with Crippen molar-refractivity contribution in [2.45, 2.75) is 18.7 Å². The van der Waals surface area contributed by atoms with E-state index in [9.17, 15) is 0 Å². The molecule has 0 radical (unpaired) electrons. The van der Waals surface area contributed by atoms with Gasteiger partial charge in [-0.05, 0) is 42.7 Å². The number of aryl methyl sites for hydroxylation is 2. The van der Waals surface area contributed by atoms with E-state index in [4.69, 9.17) is 0 Å². The molecular weight excluding hydrogens is 340 g/mol. The van der Waals surface area contributed by atoms with Gasteiger partial charge in [-0.3, -0.25) is 0 Å². The maximum Gasteiger partial charge on any atom is 0.0647 e. The Bertz CT molecular complexity index is 515. The minimum absolute atomic E-state index is 0.251. The van der Waals surface area contributed by atoms with Crippen LogP contribution in [0.15, 0.2) is 46.9 Å². The van der Waals surface area contributed by atoms with Gasteiger partial charge in [-0.25, -0.2) is 0 Å². The molecule has 0 fully saturated rings. The molecule has 0 aliphatic heterocycles. The number of hydrogen-bond donors (Lipinski definition) is 0. The van der Waals surface area contributed by atoms with Gasteiger partial charge in [-0.2, -0.15) is 0 Å². The molecule has 2 heteroatoms. The number of benzene rings is 2. The summed E-state index contributed by atoms with van der Waals surface area (Å²) >= 11 is 7.31. The number of alkyl halides is 1. The van der Waals surface area contributed by atoms with Crippen molar-refractivity contribution in [3.63, 3.8) is 0 Å². The summed E-state index contributed by atoms with van der Waals surface area (Å²) in [6, 6.07) is 15.0. The summed E-state index contributed by atoms with van der Waals surface area (Å²) in [4.78, 5) is 0.251. The van der Waals surface area contributed by atoms with Crippen molar-refractivity contribution in [1.29, 1.82) is 0 Å². The van der Waals surface area contributed by atoms with Gasteiger partial charge in [0.15, 0.2) is 0 Å². The third-order valence-electron chi connectivity index (χ3n) is 2.88. The fourth-order valence-electron chi connectivity index (χ4n) is 1.80. The van der Waals surface area contributed by atoms with E-state index in [-0.39, 0.29) is 4.83 Å². The Morgan fingerprint density at radius 2 is 1.59 bits per heavy atom. The Balaban J connectivity index is 2.39. The first kappa shape index (κ1) is 12.8. The predicted octanol–water partition coefficient (Wildman–Crippen LogP) is 5.55. The van der Waals surface area contributed by atoms with Crippen LogP contribution in [0.4, 0.5) is 0 Å². The molecule has 88 valence electrons. The van der Waals surface area contributed by atoms with E-state index >= 15 is 0 Å². The van der Waals surface area contributed by atoms with Crippen LogP contribution in [-0.4, -0.2) is 0 Å². The normalized spacial score (nSPS) is 12.5. The first-order chi connectivity index (χ1) is 8.08. The molecule has 0 bridgehead atoms. The highest BCUT2D eigenvalue weighted by atomic mass is 79.9. The van der Waals surface area contributed by atoms with Gasteiger partial charge in [0, 0.05) is 4.47 Å². The Hall–Kier alpha value is -0.600. The van der Waals surface area contributed by atoms with Crippen LogP contribution in [0.25, 0.3) is 0 Å². The number of halogens is 2. The molecule has 2 aromatic rings. The first-order valence-electron chi connectivity index (χ1n) is 5.54. The van der Waals surface area contributed by atoms with E-state index in [1.165, 1.54) is 22.3 Å². The van der Waals surface area contributed by atoms with Crippen molar-refractivity contribution in [1.82, 2.24) is 0 Å². The third kappa shape index (κ3) is 2.99. The van der Waals surface area contributed by atoms with E-state index in [0.29, 0.717) is 0 Å². The maximum atomic E-state index is 3.78. The topological polar surface area (TPSA) is 0 Å². The minimum Gasteiger partial charge on any atom is -0.0786 e. The summed E-state index contributed by atoms with van der Waals surface area (Å²) in [7, 11) is 0. The molecule has 0 N–H and O–H groups in total. The second kappa shape index (κ2) is 5.36. The van der Waals surface area contributed by atoms with Crippen molar-refractivity contribution in [3.05, 3.63) is 69.2 Å². The van der Waals surface area contributed by atoms with E-state index in [1.807, 2.05) is 0 Å². The van der Waals surface area contributed by atoms with Crippen molar-refractivity contribution in [2.24, 2.45) is 0 Å². The Kier molecular flexibility index (Phi) is 4.05. The Morgan fingerprint density at radius 1 is 0.941 bits per heavy atom. The van der Waals surface area contributed by atoms with Crippen molar-refractivity contribution in [3.8, 4) is 0 Å². The number of hydrogen-bond acceptors (Lipinski definition) is 0. The van der Waals surface area contributed by atoms with Crippen molar-refractivity contribution < 1.29 is 0 Å². The zero-order chi connectivity index (χ0) is 12.4. The summed E-state index contributed by atoms with van der Waals surface area (Å²) in [5, 5.41) is 0. The molecule has 17 heavy (non-hydrogen) atoms. The largest absolute Gasteiger partial charge is 0.0786 e. The van der Waals surface area contributed by atoms with Crippen LogP contribution in [0, 0.1) is 13.8 Å². The van der Waals surface area contributed by atoms with Gasteiger partial charge in [-0.15, -0.1) is 0 Å². The van der Waals surface area contributed by atoms with Crippen LogP contribution in [0.1, 0.15) is 27.1 Å². The minimum atomic E-state index is 0.251. The molecule has 1 atom stereocenters. The van der Waals surface area contributed by atoms with Crippen LogP contribution >= 0.6 is 31.9 Å². The molecule has 0 aliphatic rings. The molecule has 0 amide bonds. The van der Waals surface area contributed by atoms with Gasteiger partial charge in [0.25, 0.3) is 0 Å². The maximum absolute atomic E-state index is 3.78. The summed E-state index contributed by atoms with van der Waals surface area (Å²) < 4.78 is 1.12. The lowest BCUT2D eigenvalue weighted by Crippen LogP contribution is -1.96. The standard InChI is InChI=1S/C15H14Br2/c1-10-3-6-12(7-4-10)15(17)14-9-13(16)8-5-11(14)2/h3-9,15H,1-2H3. The lowest BCUT2D eigenvalue weighted by Gasteiger charge is -2.14. The fourth-order valence-corrected chi connectivity index (χ4v) is 2.98. The summed E-state index contributed by atoms with van der Waals surface area (Å²) in [5.41, 5.74) is 5.19. The Labute approximate surface area is 119 Å². The van der Waals surface area contributed by atoms with Crippen LogP contribution in [-0.2, 0) is 0 Å². The molecular formula is C15H14Br2. The molecule has 2 aromatic carbocycles. The average molecular weight is 354 g/mol. The van der Waals surface area contributed by atoms with Crippen LogP contribution in [0.5, 0.6) is 0 Å². The monoisotopic (exact) mass is 352 g/mol. The van der Waals surface area contributed by atoms with E-state index in [1.54, 1.807) is 0 Å². The SMILES string of the molecule is Cc1ccc(C(Br)c2cc(Br)ccc2C)cc1.